The maximum atomic E-state index is 13.4. The van der Waals surface area contributed by atoms with Gasteiger partial charge in [-0.1, -0.05) is 30.3 Å². The molecule has 2 aromatic carbocycles. The van der Waals surface area contributed by atoms with Crippen molar-refractivity contribution in [3.8, 4) is 0 Å². The highest BCUT2D eigenvalue weighted by Crippen LogP contribution is 2.25. The van der Waals surface area contributed by atoms with Crippen LogP contribution in [-0.2, 0) is 6.54 Å². The van der Waals surface area contributed by atoms with E-state index in [9.17, 15) is 9.59 Å². The minimum Gasteiger partial charge on any atom is -0.322 e. The van der Waals surface area contributed by atoms with Gasteiger partial charge in [-0.05, 0) is 60.7 Å². The molecule has 0 radical (unpaired) electrons. The van der Waals surface area contributed by atoms with Gasteiger partial charge < -0.3 is 9.88 Å². The number of hydrogen-bond acceptors (Lipinski definition) is 3. The van der Waals surface area contributed by atoms with Gasteiger partial charge in [0.1, 0.15) is 0 Å². The Morgan fingerprint density at radius 1 is 1.00 bits per heavy atom. The smallest absolute Gasteiger partial charge is 0.258 e. The first-order chi connectivity index (χ1) is 14.0. The maximum Gasteiger partial charge on any atom is 0.258 e. The number of carbonyl (C=O) groups is 1. The Morgan fingerprint density at radius 3 is 2.55 bits per heavy atom. The number of aromatic amines is 1. The van der Waals surface area contributed by atoms with Crippen molar-refractivity contribution in [3.63, 3.8) is 0 Å². The van der Waals surface area contributed by atoms with E-state index in [0.717, 1.165) is 27.7 Å². The highest BCUT2D eigenvalue weighted by Gasteiger charge is 2.21. The van der Waals surface area contributed by atoms with Gasteiger partial charge in [0.15, 0.2) is 0 Å². The second-order valence-corrected chi connectivity index (χ2v) is 7.13. The van der Waals surface area contributed by atoms with Crippen LogP contribution in [0.5, 0.6) is 0 Å². The molecule has 4 rings (SSSR count). The third kappa shape index (κ3) is 3.80. The van der Waals surface area contributed by atoms with E-state index in [1.165, 1.54) is 0 Å². The van der Waals surface area contributed by atoms with Crippen LogP contribution in [0.4, 0.5) is 5.69 Å². The van der Waals surface area contributed by atoms with Gasteiger partial charge in [0.25, 0.3) is 11.5 Å². The first-order valence-electron chi connectivity index (χ1n) is 9.43. The van der Waals surface area contributed by atoms with Crippen LogP contribution in [0.1, 0.15) is 27.0 Å². The van der Waals surface area contributed by atoms with Crippen molar-refractivity contribution in [2.24, 2.45) is 0 Å². The standard InChI is InChI=1S/C24H21N3O2/c1-16-7-8-17(2)22(13-16)27(24(29)18-9-11-25-12-10-18)15-20-14-19-5-3-4-6-21(19)26-23(20)28/h3-14H,15H2,1-2H3,(H,26,28). The van der Waals surface area contributed by atoms with E-state index < -0.39 is 0 Å². The second-order valence-electron chi connectivity index (χ2n) is 7.13. The van der Waals surface area contributed by atoms with E-state index >= 15 is 0 Å². The van der Waals surface area contributed by atoms with Crippen molar-refractivity contribution in [2.75, 3.05) is 4.90 Å². The highest BCUT2D eigenvalue weighted by atomic mass is 16.2. The lowest BCUT2D eigenvalue weighted by Crippen LogP contribution is -2.33. The zero-order valence-corrected chi connectivity index (χ0v) is 16.3. The van der Waals surface area contributed by atoms with Gasteiger partial charge in [-0.25, -0.2) is 0 Å². The van der Waals surface area contributed by atoms with Crippen molar-refractivity contribution in [1.82, 2.24) is 9.97 Å². The normalized spacial score (nSPS) is 10.8. The number of nitrogens with zero attached hydrogens (tertiary/aromatic N) is 2. The fraction of sp³-hybridized carbons (Fsp3) is 0.125. The summed E-state index contributed by atoms with van der Waals surface area (Å²) in [7, 11) is 0. The van der Waals surface area contributed by atoms with Crippen molar-refractivity contribution >= 4 is 22.5 Å². The first-order valence-corrected chi connectivity index (χ1v) is 9.43. The third-order valence-electron chi connectivity index (χ3n) is 4.99. The predicted octanol–water partition coefficient (Wildman–Crippen LogP) is 4.39. The largest absolute Gasteiger partial charge is 0.322 e. The molecule has 4 aromatic rings. The number of aromatic nitrogens is 2. The van der Waals surface area contributed by atoms with Crippen LogP contribution in [-0.4, -0.2) is 15.9 Å². The lowest BCUT2D eigenvalue weighted by molar-refractivity contribution is 0.0985. The zero-order chi connectivity index (χ0) is 20.4. The quantitative estimate of drug-likeness (QED) is 0.568. The molecule has 29 heavy (non-hydrogen) atoms. The third-order valence-corrected chi connectivity index (χ3v) is 4.99. The number of rotatable bonds is 4. The molecule has 5 heteroatoms. The molecule has 0 spiro atoms. The molecular formula is C24H21N3O2. The molecule has 0 atom stereocenters. The average molecular weight is 383 g/mol. The van der Waals surface area contributed by atoms with E-state index in [1.54, 1.807) is 29.4 Å². The summed E-state index contributed by atoms with van der Waals surface area (Å²) in [5.41, 5.74) is 4.45. The topological polar surface area (TPSA) is 66.1 Å². The van der Waals surface area contributed by atoms with Gasteiger partial charge in [0, 0.05) is 34.7 Å². The molecule has 0 fully saturated rings. The summed E-state index contributed by atoms with van der Waals surface area (Å²) in [6, 6.07) is 18.8. The zero-order valence-electron chi connectivity index (χ0n) is 16.3. The number of H-pyrrole nitrogens is 1. The molecule has 5 nitrogen and oxygen atoms in total. The lowest BCUT2D eigenvalue weighted by atomic mass is 10.1. The number of anilines is 1. The van der Waals surface area contributed by atoms with Gasteiger partial charge >= 0.3 is 0 Å². The Hall–Kier alpha value is -3.73. The molecule has 0 aliphatic carbocycles. The summed E-state index contributed by atoms with van der Waals surface area (Å²) in [5.74, 6) is -0.173. The molecule has 2 heterocycles. The molecule has 144 valence electrons. The molecule has 0 aliphatic rings. The molecule has 1 N–H and O–H groups in total. The maximum absolute atomic E-state index is 13.4. The molecular weight excluding hydrogens is 362 g/mol. The summed E-state index contributed by atoms with van der Waals surface area (Å²) in [5, 5.41) is 0.930. The fourth-order valence-corrected chi connectivity index (χ4v) is 3.41. The average Bonchev–Trinajstić information content (AvgIpc) is 2.74. The number of benzene rings is 2. The number of pyridine rings is 2. The van der Waals surface area contributed by atoms with E-state index in [1.807, 2.05) is 62.4 Å². The van der Waals surface area contributed by atoms with Crippen LogP contribution in [0.3, 0.4) is 0 Å². The fourth-order valence-electron chi connectivity index (χ4n) is 3.41. The minimum absolute atomic E-state index is 0.172. The van der Waals surface area contributed by atoms with Gasteiger partial charge in [-0.2, -0.15) is 0 Å². The Morgan fingerprint density at radius 2 is 1.76 bits per heavy atom. The predicted molar refractivity (Wildman–Crippen MR) is 115 cm³/mol. The summed E-state index contributed by atoms with van der Waals surface area (Å²) in [4.78, 5) is 34.7. The summed E-state index contributed by atoms with van der Waals surface area (Å²) in [6.45, 7) is 4.12. The number of para-hydroxylation sites is 1. The van der Waals surface area contributed by atoms with Crippen LogP contribution < -0.4 is 10.5 Å². The first kappa shape index (κ1) is 18.6. The van der Waals surface area contributed by atoms with Crippen LogP contribution in [0.25, 0.3) is 10.9 Å². The summed E-state index contributed by atoms with van der Waals surface area (Å²) >= 11 is 0. The molecule has 0 bridgehead atoms. The van der Waals surface area contributed by atoms with Gasteiger partial charge in [0.05, 0.1) is 6.54 Å². The van der Waals surface area contributed by atoms with E-state index in [-0.39, 0.29) is 18.0 Å². The van der Waals surface area contributed by atoms with Crippen LogP contribution in [0, 0.1) is 13.8 Å². The molecule has 0 unspecified atom stereocenters. The monoisotopic (exact) mass is 383 g/mol. The highest BCUT2D eigenvalue weighted by molar-refractivity contribution is 6.06. The molecule has 0 saturated carbocycles. The minimum atomic E-state index is -0.193. The number of carbonyl (C=O) groups excluding carboxylic acids is 1. The van der Waals surface area contributed by atoms with Gasteiger partial charge in [-0.3, -0.25) is 14.6 Å². The molecule has 0 aliphatic heterocycles. The molecule has 0 saturated heterocycles. The van der Waals surface area contributed by atoms with Gasteiger partial charge in [0.2, 0.25) is 0 Å². The Labute approximate surface area is 168 Å². The van der Waals surface area contributed by atoms with Crippen molar-refractivity contribution < 1.29 is 4.79 Å². The van der Waals surface area contributed by atoms with Crippen molar-refractivity contribution in [2.45, 2.75) is 20.4 Å². The number of nitrogens with one attached hydrogen (secondary N) is 1. The van der Waals surface area contributed by atoms with E-state index in [4.69, 9.17) is 0 Å². The Kier molecular flexibility index (Phi) is 4.96. The van der Waals surface area contributed by atoms with E-state index in [2.05, 4.69) is 9.97 Å². The number of fused-ring (bicyclic) bond motifs is 1. The number of aryl methyl sites for hydroxylation is 2. The Bertz CT molecular complexity index is 1250. The van der Waals surface area contributed by atoms with Crippen LogP contribution in [0.2, 0.25) is 0 Å². The van der Waals surface area contributed by atoms with Crippen molar-refractivity contribution in [3.05, 3.63) is 106 Å². The molecule has 1 amide bonds. The second kappa shape index (κ2) is 7.72. The SMILES string of the molecule is Cc1ccc(C)c(N(Cc2cc3ccccc3[nH]c2=O)C(=O)c2ccncc2)c1. The van der Waals surface area contributed by atoms with Crippen LogP contribution in [0.15, 0.2) is 77.9 Å². The molecule has 2 aromatic heterocycles. The van der Waals surface area contributed by atoms with E-state index in [0.29, 0.717) is 11.1 Å². The lowest BCUT2D eigenvalue weighted by Gasteiger charge is -2.25. The van der Waals surface area contributed by atoms with Crippen molar-refractivity contribution in [1.29, 1.82) is 0 Å². The number of hydrogen-bond donors (Lipinski definition) is 1. The Balaban J connectivity index is 1.83. The van der Waals surface area contributed by atoms with Crippen LogP contribution >= 0.6 is 0 Å². The van der Waals surface area contributed by atoms with Gasteiger partial charge in [-0.15, -0.1) is 0 Å². The number of amides is 1. The summed E-state index contributed by atoms with van der Waals surface area (Å²) < 4.78 is 0. The summed E-state index contributed by atoms with van der Waals surface area (Å²) in [6.07, 6.45) is 3.19.